The summed E-state index contributed by atoms with van der Waals surface area (Å²) >= 11 is 0. The Morgan fingerprint density at radius 1 is 1.22 bits per heavy atom. The number of rotatable bonds is 3. The molecule has 0 aliphatic heterocycles. The van der Waals surface area contributed by atoms with Crippen molar-refractivity contribution >= 4 is 5.97 Å². The van der Waals surface area contributed by atoms with Crippen molar-refractivity contribution in [2.24, 2.45) is 0 Å². The highest BCUT2D eigenvalue weighted by atomic mass is 16.5. The number of carbonyl (C=O) groups excluding carboxylic acids is 1. The van der Waals surface area contributed by atoms with Crippen LogP contribution in [-0.2, 0) is 11.2 Å². The van der Waals surface area contributed by atoms with Gasteiger partial charge in [0, 0.05) is 11.8 Å². The van der Waals surface area contributed by atoms with Gasteiger partial charge in [-0.25, -0.2) is 4.79 Å². The predicted octanol–water partition coefficient (Wildman–Crippen LogP) is 3.10. The summed E-state index contributed by atoms with van der Waals surface area (Å²) in [7, 11) is 1.36. The van der Waals surface area contributed by atoms with E-state index in [4.69, 9.17) is 0 Å². The Morgan fingerprint density at radius 2 is 2.00 bits per heavy atom. The second-order valence-electron chi connectivity index (χ2n) is 3.93. The first-order chi connectivity index (χ1) is 8.76. The zero-order valence-corrected chi connectivity index (χ0v) is 10.5. The number of hydrogen-bond acceptors (Lipinski definition) is 3. The summed E-state index contributed by atoms with van der Waals surface area (Å²) in [6, 6.07) is 11.7. The summed E-state index contributed by atoms with van der Waals surface area (Å²) in [4.78, 5) is 15.6. The van der Waals surface area contributed by atoms with Crippen LogP contribution in [0.1, 0.15) is 22.8 Å². The van der Waals surface area contributed by atoms with Gasteiger partial charge in [-0.15, -0.1) is 0 Å². The van der Waals surface area contributed by atoms with Crippen molar-refractivity contribution in [1.82, 2.24) is 4.98 Å². The SMILES string of the molecule is CCc1ccccc1-c1ccc(C(=O)OC)cn1. The van der Waals surface area contributed by atoms with Gasteiger partial charge in [-0.2, -0.15) is 0 Å². The van der Waals surface area contributed by atoms with Gasteiger partial charge in [-0.05, 0) is 24.1 Å². The molecule has 0 N–H and O–H groups in total. The molecule has 0 aliphatic rings. The molecule has 1 heterocycles. The lowest BCUT2D eigenvalue weighted by molar-refractivity contribution is 0.0600. The molecule has 1 aromatic heterocycles. The van der Waals surface area contributed by atoms with Gasteiger partial charge < -0.3 is 4.74 Å². The van der Waals surface area contributed by atoms with Gasteiger partial charge in [0.2, 0.25) is 0 Å². The van der Waals surface area contributed by atoms with E-state index in [9.17, 15) is 4.79 Å². The average Bonchev–Trinajstić information content (AvgIpc) is 2.46. The van der Waals surface area contributed by atoms with Gasteiger partial charge in [-0.1, -0.05) is 31.2 Å². The van der Waals surface area contributed by atoms with Crippen LogP contribution in [-0.4, -0.2) is 18.1 Å². The number of pyridine rings is 1. The molecule has 2 rings (SSSR count). The van der Waals surface area contributed by atoms with Gasteiger partial charge in [0.15, 0.2) is 0 Å². The van der Waals surface area contributed by atoms with Crippen molar-refractivity contribution in [3.63, 3.8) is 0 Å². The van der Waals surface area contributed by atoms with E-state index in [1.807, 2.05) is 24.3 Å². The molecule has 0 fully saturated rings. The summed E-state index contributed by atoms with van der Waals surface area (Å²) in [6.45, 7) is 2.11. The van der Waals surface area contributed by atoms with Gasteiger partial charge >= 0.3 is 5.97 Å². The van der Waals surface area contributed by atoms with E-state index in [2.05, 4.69) is 22.7 Å². The number of hydrogen-bond donors (Lipinski definition) is 0. The molecule has 3 nitrogen and oxygen atoms in total. The largest absolute Gasteiger partial charge is 0.465 e. The number of aryl methyl sites for hydroxylation is 1. The standard InChI is InChI=1S/C15H15NO2/c1-3-11-6-4-5-7-13(11)14-9-8-12(10-16-14)15(17)18-2/h4-10H,3H2,1-2H3. The number of benzene rings is 1. The van der Waals surface area contributed by atoms with Gasteiger partial charge in [-0.3, -0.25) is 4.98 Å². The number of methoxy groups -OCH3 is 1. The van der Waals surface area contributed by atoms with Crippen LogP contribution in [0, 0.1) is 0 Å². The van der Waals surface area contributed by atoms with E-state index in [-0.39, 0.29) is 5.97 Å². The quantitative estimate of drug-likeness (QED) is 0.775. The Balaban J connectivity index is 2.37. The van der Waals surface area contributed by atoms with Crippen molar-refractivity contribution in [3.8, 4) is 11.3 Å². The maximum Gasteiger partial charge on any atom is 0.339 e. The Labute approximate surface area is 106 Å². The molecule has 0 amide bonds. The second-order valence-corrected chi connectivity index (χ2v) is 3.93. The van der Waals surface area contributed by atoms with Gasteiger partial charge in [0.05, 0.1) is 18.4 Å². The van der Waals surface area contributed by atoms with Crippen molar-refractivity contribution in [1.29, 1.82) is 0 Å². The third-order valence-electron chi connectivity index (χ3n) is 2.86. The van der Waals surface area contributed by atoms with Crippen LogP contribution in [0.3, 0.4) is 0 Å². The van der Waals surface area contributed by atoms with Crippen LogP contribution in [0.4, 0.5) is 0 Å². The Bertz CT molecular complexity index is 547. The molecule has 0 saturated carbocycles. The lowest BCUT2D eigenvalue weighted by atomic mass is 10.0. The fraction of sp³-hybridized carbons (Fsp3) is 0.200. The van der Waals surface area contributed by atoms with Crippen LogP contribution in [0.15, 0.2) is 42.6 Å². The highest BCUT2D eigenvalue weighted by Crippen LogP contribution is 2.22. The number of carbonyl (C=O) groups is 1. The topological polar surface area (TPSA) is 39.2 Å². The minimum Gasteiger partial charge on any atom is -0.465 e. The lowest BCUT2D eigenvalue weighted by Gasteiger charge is -2.07. The molecule has 0 bridgehead atoms. The summed E-state index contributed by atoms with van der Waals surface area (Å²) in [5.41, 5.74) is 3.70. The van der Waals surface area contributed by atoms with Gasteiger partial charge in [0.25, 0.3) is 0 Å². The van der Waals surface area contributed by atoms with Crippen molar-refractivity contribution in [2.45, 2.75) is 13.3 Å². The fourth-order valence-corrected chi connectivity index (χ4v) is 1.87. The fourth-order valence-electron chi connectivity index (χ4n) is 1.87. The van der Waals surface area contributed by atoms with E-state index >= 15 is 0 Å². The number of aromatic nitrogens is 1. The molecule has 0 atom stereocenters. The molecule has 1 aromatic carbocycles. The molecule has 0 spiro atoms. The van der Waals surface area contributed by atoms with Crippen molar-refractivity contribution < 1.29 is 9.53 Å². The highest BCUT2D eigenvalue weighted by Gasteiger charge is 2.08. The molecule has 0 aliphatic carbocycles. The van der Waals surface area contributed by atoms with Crippen LogP contribution >= 0.6 is 0 Å². The summed E-state index contributed by atoms with van der Waals surface area (Å²) in [5, 5.41) is 0. The molecule has 0 saturated heterocycles. The number of nitrogens with zero attached hydrogens (tertiary/aromatic N) is 1. The lowest BCUT2D eigenvalue weighted by Crippen LogP contribution is -2.01. The minimum absolute atomic E-state index is 0.363. The van der Waals surface area contributed by atoms with Crippen LogP contribution in [0.2, 0.25) is 0 Å². The molecule has 0 unspecified atom stereocenters. The predicted molar refractivity (Wildman–Crippen MR) is 70.4 cm³/mol. The number of ether oxygens (including phenoxy) is 1. The summed E-state index contributed by atoms with van der Waals surface area (Å²) < 4.78 is 4.65. The molecule has 18 heavy (non-hydrogen) atoms. The maximum atomic E-state index is 11.3. The first-order valence-electron chi connectivity index (χ1n) is 5.89. The van der Waals surface area contributed by atoms with Crippen molar-refractivity contribution in [2.75, 3.05) is 7.11 Å². The normalized spacial score (nSPS) is 10.1. The van der Waals surface area contributed by atoms with Crippen LogP contribution in [0.5, 0.6) is 0 Å². The van der Waals surface area contributed by atoms with E-state index in [0.29, 0.717) is 5.56 Å². The zero-order chi connectivity index (χ0) is 13.0. The third-order valence-corrected chi connectivity index (χ3v) is 2.86. The molecule has 2 aromatic rings. The van der Waals surface area contributed by atoms with E-state index in [0.717, 1.165) is 17.7 Å². The monoisotopic (exact) mass is 241 g/mol. The average molecular weight is 241 g/mol. The van der Waals surface area contributed by atoms with Gasteiger partial charge in [0.1, 0.15) is 0 Å². The first kappa shape index (κ1) is 12.3. The third kappa shape index (κ3) is 2.40. The molecule has 0 radical (unpaired) electrons. The number of esters is 1. The second kappa shape index (κ2) is 5.45. The summed E-state index contributed by atoms with van der Waals surface area (Å²) in [5.74, 6) is -0.363. The molecule has 92 valence electrons. The van der Waals surface area contributed by atoms with Crippen LogP contribution < -0.4 is 0 Å². The first-order valence-corrected chi connectivity index (χ1v) is 5.89. The summed E-state index contributed by atoms with van der Waals surface area (Å²) in [6.07, 6.45) is 2.50. The molecular weight excluding hydrogens is 226 g/mol. The van der Waals surface area contributed by atoms with Crippen LogP contribution in [0.25, 0.3) is 11.3 Å². The van der Waals surface area contributed by atoms with E-state index in [1.165, 1.54) is 12.7 Å². The molecule has 3 heteroatoms. The van der Waals surface area contributed by atoms with E-state index < -0.39 is 0 Å². The Kier molecular flexibility index (Phi) is 3.72. The van der Waals surface area contributed by atoms with Crippen molar-refractivity contribution in [3.05, 3.63) is 53.7 Å². The van der Waals surface area contributed by atoms with E-state index in [1.54, 1.807) is 12.3 Å². The Hall–Kier alpha value is -2.16. The smallest absolute Gasteiger partial charge is 0.339 e. The Morgan fingerprint density at radius 3 is 2.61 bits per heavy atom. The zero-order valence-electron chi connectivity index (χ0n) is 10.5. The molecular formula is C15H15NO2. The maximum absolute atomic E-state index is 11.3. The highest BCUT2D eigenvalue weighted by molar-refractivity contribution is 5.89. The minimum atomic E-state index is -0.363.